The van der Waals surface area contributed by atoms with Gasteiger partial charge in [0.1, 0.15) is 6.04 Å². The van der Waals surface area contributed by atoms with Crippen molar-refractivity contribution in [1.29, 1.82) is 0 Å². The smallest absolute Gasteiger partial charge is 0.281 e. The summed E-state index contributed by atoms with van der Waals surface area (Å²) in [7, 11) is 6.22. The summed E-state index contributed by atoms with van der Waals surface area (Å²) in [6.45, 7) is 3.67. The van der Waals surface area contributed by atoms with Crippen LogP contribution in [0.25, 0.3) is 0 Å². The maximum Gasteiger partial charge on any atom is 0.281 e. The normalized spacial score (nSPS) is 16.3. The van der Waals surface area contributed by atoms with E-state index in [9.17, 15) is 9.59 Å². The van der Waals surface area contributed by atoms with E-state index in [1.807, 2.05) is 23.1 Å². The van der Waals surface area contributed by atoms with Crippen molar-refractivity contribution in [2.45, 2.75) is 115 Å². The molecule has 1 aromatic carbocycles. The molecular weight excluding hydrogens is 482 g/mol. The van der Waals surface area contributed by atoms with Gasteiger partial charge in [0.05, 0.1) is 21.1 Å². The van der Waals surface area contributed by atoms with E-state index in [1.165, 1.54) is 70.6 Å². The number of hydrogen-bond acceptors (Lipinski definition) is 2. The highest BCUT2D eigenvalue weighted by molar-refractivity contribution is 5.90. The summed E-state index contributed by atoms with van der Waals surface area (Å²) in [6.07, 6.45) is 18.1. The average molecular weight is 536 g/mol. The zero-order valence-electron chi connectivity index (χ0n) is 24.2. The van der Waals surface area contributed by atoms with E-state index in [1.54, 1.807) is 0 Å². The molecule has 0 spiro atoms. The quantitative estimate of drug-likeness (QED) is 0.232. The summed E-state index contributed by atoms with van der Waals surface area (Å²) in [5.41, 5.74) is 1.16. The second kappa shape index (κ2) is 18.6. The lowest BCUT2D eigenvalue weighted by Gasteiger charge is -2.37. The number of carbonyl (C=O) groups excluding carboxylic acids is 2. The van der Waals surface area contributed by atoms with Gasteiger partial charge < -0.3 is 27.1 Å². The molecule has 6 heteroatoms. The summed E-state index contributed by atoms with van der Waals surface area (Å²) in [6, 6.07) is 9.70. The Morgan fingerprint density at radius 2 is 1.43 bits per heavy atom. The Hall–Kier alpha value is -1.59. The van der Waals surface area contributed by atoms with Gasteiger partial charge in [0, 0.05) is 19.5 Å². The molecule has 1 aliphatic rings. The number of unbranched alkanes of at least 4 members (excludes halogenated alkanes) is 11. The van der Waals surface area contributed by atoms with E-state index >= 15 is 0 Å². The monoisotopic (exact) mass is 535 g/mol. The third-order valence-corrected chi connectivity index (χ3v) is 7.66. The molecule has 1 saturated heterocycles. The second-order valence-corrected chi connectivity index (χ2v) is 11.7. The predicted molar refractivity (Wildman–Crippen MR) is 151 cm³/mol. The number of rotatable bonds is 18. The van der Waals surface area contributed by atoms with Gasteiger partial charge in [-0.3, -0.25) is 9.59 Å². The number of amides is 2. The highest BCUT2D eigenvalue weighted by atomic mass is 35.5. The first-order chi connectivity index (χ1) is 17.3. The molecule has 2 rings (SSSR count). The van der Waals surface area contributed by atoms with Gasteiger partial charge in [-0.15, -0.1) is 0 Å². The Balaban J connectivity index is 0.00000684. The number of nitrogens with zero attached hydrogens (tertiary/aromatic N) is 2. The minimum Gasteiger partial charge on any atom is -1.00 e. The van der Waals surface area contributed by atoms with Crippen molar-refractivity contribution in [2.75, 3.05) is 34.2 Å². The van der Waals surface area contributed by atoms with Crippen molar-refractivity contribution in [3.05, 3.63) is 35.9 Å². The van der Waals surface area contributed by atoms with Gasteiger partial charge in [0.2, 0.25) is 5.91 Å². The molecule has 1 heterocycles. The van der Waals surface area contributed by atoms with Gasteiger partial charge in [0.25, 0.3) is 5.91 Å². The molecule has 0 aliphatic carbocycles. The molecular formula is C31H54ClN3O2. The lowest BCUT2D eigenvalue weighted by molar-refractivity contribution is -0.886. The van der Waals surface area contributed by atoms with Crippen molar-refractivity contribution in [1.82, 2.24) is 10.2 Å². The fourth-order valence-electron chi connectivity index (χ4n) is 5.32. The second-order valence-electron chi connectivity index (χ2n) is 11.7. The summed E-state index contributed by atoms with van der Waals surface area (Å²) in [5.74, 6) is 0.137. The topological polar surface area (TPSA) is 49.4 Å². The zero-order chi connectivity index (χ0) is 26.2. The van der Waals surface area contributed by atoms with Crippen LogP contribution in [0.4, 0.5) is 0 Å². The van der Waals surface area contributed by atoms with Crippen LogP contribution in [0.3, 0.4) is 0 Å². The standard InChI is InChI=1S/C31H53N3O2.ClH/c1-5-6-7-8-9-10-11-12-13-14-15-19-24-32-30(35)28-23-20-25-33(28)31(36)29(34(2,3)4)26-27-21-17-16-18-22-27;/h16-18,21-22,28-29H,5-15,19-20,23-26H2,1-4H3;1H/t28-,29-;/m0./s1. The average Bonchev–Trinajstić information content (AvgIpc) is 3.35. The first-order valence-electron chi connectivity index (χ1n) is 14.8. The predicted octanol–water partition coefficient (Wildman–Crippen LogP) is 3.12. The molecule has 212 valence electrons. The van der Waals surface area contributed by atoms with Gasteiger partial charge in [-0.05, 0) is 24.8 Å². The Morgan fingerprint density at radius 1 is 0.892 bits per heavy atom. The van der Waals surface area contributed by atoms with E-state index in [4.69, 9.17) is 0 Å². The minimum atomic E-state index is -0.320. The van der Waals surface area contributed by atoms with E-state index < -0.39 is 0 Å². The van der Waals surface area contributed by atoms with Gasteiger partial charge in [-0.1, -0.05) is 108 Å². The van der Waals surface area contributed by atoms with Crippen LogP contribution in [-0.2, 0) is 16.0 Å². The zero-order valence-corrected chi connectivity index (χ0v) is 24.9. The van der Waals surface area contributed by atoms with Gasteiger partial charge >= 0.3 is 0 Å². The number of nitrogens with one attached hydrogen (secondary N) is 1. The summed E-state index contributed by atoms with van der Waals surface area (Å²) in [5, 5.41) is 3.13. The van der Waals surface area contributed by atoms with Crippen LogP contribution in [0.5, 0.6) is 0 Å². The molecule has 0 aromatic heterocycles. The van der Waals surface area contributed by atoms with Crippen molar-refractivity contribution in [3.8, 4) is 0 Å². The molecule has 0 bridgehead atoms. The number of carbonyl (C=O) groups is 2. The molecule has 2 amide bonds. The third-order valence-electron chi connectivity index (χ3n) is 7.66. The lowest BCUT2D eigenvalue weighted by atomic mass is 10.0. The lowest BCUT2D eigenvalue weighted by Crippen LogP contribution is -3.00. The summed E-state index contributed by atoms with van der Waals surface area (Å²) in [4.78, 5) is 28.5. The molecule has 1 fully saturated rings. The fourth-order valence-corrected chi connectivity index (χ4v) is 5.32. The van der Waals surface area contributed by atoms with E-state index in [-0.39, 0.29) is 36.3 Å². The molecule has 0 radical (unpaired) electrons. The Labute approximate surface area is 233 Å². The van der Waals surface area contributed by atoms with Crippen molar-refractivity contribution < 1.29 is 26.5 Å². The maximum atomic E-state index is 13.6. The number of hydrogen-bond donors (Lipinski definition) is 1. The third kappa shape index (κ3) is 12.7. The van der Waals surface area contributed by atoms with Crippen LogP contribution in [0.1, 0.15) is 102 Å². The van der Waals surface area contributed by atoms with Crippen molar-refractivity contribution in [2.24, 2.45) is 0 Å². The van der Waals surface area contributed by atoms with Crippen LogP contribution < -0.4 is 17.7 Å². The van der Waals surface area contributed by atoms with Crippen LogP contribution in [-0.4, -0.2) is 67.5 Å². The highest BCUT2D eigenvalue weighted by Gasteiger charge is 2.41. The van der Waals surface area contributed by atoms with Gasteiger partial charge in [-0.2, -0.15) is 0 Å². The number of halogens is 1. The number of likely N-dealkylation sites (tertiary alicyclic amines) is 1. The molecule has 0 unspecified atom stereocenters. The molecule has 2 atom stereocenters. The molecule has 1 aromatic rings. The summed E-state index contributed by atoms with van der Waals surface area (Å²) < 4.78 is 0.553. The molecule has 0 saturated carbocycles. The van der Waals surface area contributed by atoms with E-state index in [0.29, 0.717) is 17.4 Å². The number of quaternary nitrogens is 1. The SMILES string of the molecule is CCCCCCCCCCCCCCNC(=O)[C@@H]1CCCN1C(=O)[C@H](Cc1ccccc1)[N+](C)(C)C.[Cl-]. The largest absolute Gasteiger partial charge is 1.00 e. The Morgan fingerprint density at radius 3 is 1.97 bits per heavy atom. The molecule has 1 N–H and O–H groups in total. The molecule has 37 heavy (non-hydrogen) atoms. The van der Waals surface area contributed by atoms with Crippen LogP contribution >= 0.6 is 0 Å². The summed E-state index contributed by atoms with van der Waals surface area (Å²) >= 11 is 0. The number of benzene rings is 1. The fraction of sp³-hybridized carbons (Fsp3) is 0.742. The first kappa shape index (κ1) is 33.4. The highest BCUT2D eigenvalue weighted by Crippen LogP contribution is 2.23. The van der Waals surface area contributed by atoms with Gasteiger partial charge in [-0.25, -0.2) is 0 Å². The van der Waals surface area contributed by atoms with Crippen LogP contribution in [0.15, 0.2) is 30.3 Å². The van der Waals surface area contributed by atoms with E-state index in [0.717, 1.165) is 31.4 Å². The maximum absolute atomic E-state index is 13.6. The van der Waals surface area contributed by atoms with E-state index in [2.05, 4.69) is 45.5 Å². The first-order valence-corrected chi connectivity index (χ1v) is 14.8. The van der Waals surface area contributed by atoms with Crippen molar-refractivity contribution >= 4 is 11.8 Å². The Kier molecular flexibility index (Phi) is 16.8. The molecule has 5 nitrogen and oxygen atoms in total. The van der Waals surface area contributed by atoms with Crippen LogP contribution in [0, 0.1) is 0 Å². The molecule has 1 aliphatic heterocycles. The minimum absolute atomic E-state index is 0. The van der Waals surface area contributed by atoms with Gasteiger partial charge in [0.15, 0.2) is 6.04 Å². The Bertz CT molecular complexity index is 751. The number of likely N-dealkylation sites (N-methyl/N-ethyl adjacent to an activating group) is 1. The van der Waals surface area contributed by atoms with Crippen LogP contribution in [0.2, 0.25) is 0 Å². The van der Waals surface area contributed by atoms with Crippen molar-refractivity contribution in [3.63, 3.8) is 0 Å².